The van der Waals surface area contributed by atoms with Crippen molar-refractivity contribution in [2.45, 2.75) is 13.0 Å². The van der Waals surface area contributed by atoms with Crippen LogP contribution in [0.15, 0.2) is 18.2 Å². The zero-order valence-electron chi connectivity index (χ0n) is 6.92. The fourth-order valence-electron chi connectivity index (χ4n) is 1.12. The summed E-state index contributed by atoms with van der Waals surface area (Å²) in [6, 6.07) is 5.70. The minimum atomic E-state index is -0.250. The molecule has 3 heteroatoms. The Hall–Kier alpha value is -0.130. The van der Waals surface area contributed by atoms with Gasteiger partial charge in [-0.1, -0.05) is 12.1 Å². The van der Waals surface area contributed by atoms with Crippen LogP contribution in [0.3, 0.4) is 0 Å². The number of nitrogens with two attached hydrogens (primary N) is 1. The second kappa shape index (κ2) is 4.20. The molecule has 0 aliphatic carbocycles. The van der Waals surface area contributed by atoms with Gasteiger partial charge in [-0.25, -0.2) is 0 Å². The summed E-state index contributed by atoms with van der Waals surface area (Å²) in [5, 5.41) is 8.88. The molecule has 0 fully saturated rings. The smallest absolute Gasteiger partial charge is 0.0624 e. The largest absolute Gasteiger partial charge is 0.394 e. The first-order valence-corrected chi connectivity index (χ1v) is 4.86. The van der Waals surface area contributed by atoms with Crippen molar-refractivity contribution in [1.29, 1.82) is 0 Å². The van der Waals surface area contributed by atoms with Crippen LogP contribution in [0.1, 0.15) is 17.2 Å². The van der Waals surface area contributed by atoms with Gasteiger partial charge < -0.3 is 10.8 Å². The summed E-state index contributed by atoms with van der Waals surface area (Å²) in [6.07, 6.45) is 0. The lowest BCUT2D eigenvalue weighted by Gasteiger charge is -2.12. The third-order valence-corrected chi connectivity index (χ3v) is 3.07. The van der Waals surface area contributed by atoms with E-state index in [-0.39, 0.29) is 12.6 Å². The van der Waals surface area contributed by atoms with Gasteiger partial charge in [0, 0.05) is 3.57 Å². The van der Waals surface area contributed by atoms with E-state index in [9.17, 15) is 0 Å². The van der Waals surface area contributed by atoms with Crippen LogP contribution >= 0.6 is 22.6 Å². The average molecular weight is 277 g/mol. The Morgan fingerprint density at radius 1 is 1.58 bits per heavy atom. The van der Waals surface area contributed by atoms with Crippen LogP contribution in [0.2, 0.25) is 0 Å². The molecule has 0 radical (unpaired) electrons. The van der Waals surface area contributed by atoms with Crippen molar-refractivity contribution in [3.63, 3.8) is 0 Å². The first kappa shape index (κ1) is 9.95. The van der Waals surface area contributed by atoms with Gasteiger partial charge >= 0.3 is 0 Å². The van der Waals surface area contributed by atoms with Crippen molar-refractivity contribution in [3.05, 3.63) is 32.9 Å². The molecule has 0 saturated carbocycles. The van der Waals surface area contributed by atoms with Crippen LogP contribution in [-0.4, -0.2) is 11.7 Å². The van der Waals surface area contributed by atoms with Crippen molar-refractivity contribution in [2.75, 3.05) is 6.61 Å². The number of rotatable bonds is 2. The summed E-state index contributed by atoms with van der Waals surface area (Å²) in [6.45, 7) is 2.02. The number of aliphatic hydroxyl groups is 1. The maximum Gasteiger partial charge on any atom is 0.0624 e. The van der Waals surface area contributed by atoms with Gasteiger partial charge in [0.15, 0.2) is 0 Å². The molecule has 1 aromatic carbocycles. The highest BCUT2D eigenvalue weighted by molar-refractivity contribution is 14.1. The van der Waals surface area contributed by atoms with Crippen LogP contribution < -0.4 is 5.73 Å². The molecule has 12 heavy (non-hydrogen) atoms. The average Bonchev–Trinajstić information content (AvgIpc) is 2.08. The molecule has 66 valence electrons. The molecular formula is C9H12INO. The normalized spacial score (nSPS) is 13.0. The summed E-state index contributed by atoms with van der Waals surface area (Å²) >= 11 is 2.26. The topological polar surface area (TPSA) is 46.2 Å². The predicted molar refractivity (Wildman–Crippen MR) is 57.9 cm³/mol. The maximum absolute atomic E-state index is 8.88. The van der Waals surface area contributed by atoms with E-state index in [0.717, 1.165) is 5.56 Å². The molecule has 2 nitrogen and oxygen atoms in total. The molecule has 1 unspecified atom stereocenters. The van der Waals surface area contributed by atoms with Crippen molar-refractivity contribution < 1.29 is 5.11 Å². The second-order valence-electron chi connectivity index (χ2n) is 2.74. The molecule has 1 aromatic rings. The highest BCUT2D eigenvalue weighted by atomic mass is 127. The molecule has 0 aromatic heterocycles. The monoisotopic (exact) mass is 277 g/mol. The third-order valence-electron chi connectivity index (χ3n) is 1.91. The SMILES string of the molecule is Cc1c(I)cccc1C(N)CO. The molecule has 1 atom stereocenters. The van der Waals surface area contributed by atoms with Crippen molar-refractivity contribution in [1.82, 2.24) is 0 Å². The van der Waals surface area contributed by atoms with E-state index in [4.69, 9.17) is 10.8 Å². The van der Waals surface area contributed by atoms with Crippen LogP contribution in [0.4, 0.5) is 0 Å². The second-order valence-corrected chi connectivity index (χ2v) is 3.91. The van der Waals surface area contributed by atoms with E-state index >= 15 is 0 Å². The van der Waals surface area contributed by atoms with Gasteiger partial charge in [0.25, 0.3) is 0 Å². The lowest BCUT2D eigenvalue weighted by Crippen LogP contribution is -2.16. The van der Waals surface area contributed by atoms with Gasteiger partial charge in [-0.05, 0) is 46.7 Å². The predicted octanol–water partition coefficient (Wildman–Crippen LogP) is 1.59. The van der Waals surface area contributed by atoms with Crippen molar-refractivity contribution in [3.8, 4) is 0 Å². The van der Waals surface area contributed by atoms with Crippen molar-refractivity contribution >= 4 is 22.6 Å². The van der Waals surface area contributed by atoms with E-state index < -0.39 is 0 Å². The van der Waals surface area contributed by atoms with Crippen LogP contribution in [0.25, 0.3) is 0 Å². The molecular weight excluding hydrogens is 265 g/mol. The van der Waals surface area contributed by atoms with E-state index in [2.05, 4.69) is 22.6 Å². The molecule has 0 spiro atoms. The Balaban J connectivity index is 3.07. The maximum atomic E-state index is 8.88. The Bertz CT molecular complexity index is 275. The number of hydrogen-bond donors (Lipinski definition) is 2. The summed E-state index contributed by atoms with van der Waals surface area (Å²) in [4.78, 5) is 0. The molecule has 3 N–H and O–H groups in total. The zero-order valence-corrected chi connectivity index (χ0v) is 9.08. The minimum absolute atomic E-state index is 0.000926. The van der Waals surface area contributed by atoms with E-state index in [1.54, 1.807) is 0 Å². The van der Waals surface area contributed by atoms with Gasteiger partial charge in [0.1, 0.15) is 0 Å². The third kappa shape index (κ3) is 1.97. The Morgan fingerprint density at radius 3 is 2.83 bits per heavy atom. The van der Waals surface area contributed by atoms with E-state index in [1.807, 2.05) is 25.1 Å². The lowest BCUT2D eigenvalue weighted by molar-refractivity contribution is 0.267. The molecule has 0 aliphatic rings. The van der Waals surface area contributed by atoms with Gasteiger partial charge in [-0.2, -0.15) is 0 Å². The van der Waals surface area contributed by atoms with E-state index in [0.29, 0.717) is 0 Å². The molecule has 0 bridgehead atoms. The standard InChI is InChI=1S/C9H12INO/c1-6-7(9(11)5-12)3-2-4-8(6)10/h2-4,9,12H,5,11H2,1H3. The Labute approximate surface area is 85.9 Å². The quantitative estimate of drug-likeness (QED) is 0.806. The number of aliphatic hydroxyl groups excluding tert-OH is 1. The Morgan fingerprint density at radius 2 is 2.25 bits per heavy atom. The summed E-state index contributed by atoms with van der Waals surface area (Å²) < 4.78 is 1.19. The van der Waals surface area contributed by atoms with E-state index in [1.165, 1.54) is 9.13 Å². The molecule has 0 heterocycles. The highest BCUT2D eigenvalue weighted by Gasteiger charge is 2.08. The highest BCUT2D eigenvalue weighted by Crippen LogP contribution is 2.20. The van der Waals surface area contributed by atoms with Crippen molar-refractivity contribution in [2.24, 2.45) is 5.73 Å². The van der Waals surface area contributed by atoms with Gasteiger partial charge in [0.2, 0.25) is 0 Å². The first-order chi connectivity index (χ1) is 5.66. The molecule has 0 amide bonds. The Kier molecular flexibility index (Phi) is 3.49. The van der Waals surface area contributed by atoms with Crippen LogP contribution in [0.5, 0.6) is 0 Å². The lowest BCUT2D eigenvalue weighted by atomic mass is 10.0. The molecule has 0 saturated heterocycles. The number of benzene rings is 1. The fourth-order valence-corrected chi connectivity index (χ4v) is 1.64. The summed E-state index contributed by atoms with van der Waals surface area (Å²) in [7, 11) is 0. The van der Waals surface area contributed by atoms with Crippen LogP contribution in [0, 0.1) is 10.5 Å². The first-order valence-electron chi connectivity index (χ1n) is 3.78. The molecule has 1 rings (SSSR count). The minimum Gasteiger partial charge on any atom is -0.394 e. The number of hydrogen-bond acceptors (Lipinski definition) is 2. The fraction of sp³-hybridized carbons (Fsp3) is 0.333. The summed E-state index contributed by atoms with van der Waals surface area (Å²) in [5.41, 5.74) is 7.91. The van der Waals surface area contributed by atoms with Gasteiger partial charge in [0.05, 0.1) is 12.6 Å². The van der Waals surface area contributed by atoms with Gasteiger partial charge in [-0.3, -0.25) is 0 Å². The summed E-state index contributed by atoms with van der Waals surface area (Å²) in [5.74, 6) is 0. The van der Waals surface area contributed by atoms with Crippen LogP contribution in [-0.2, 0) is 0 Å². The van der Waals surface area contributed by atoms with Gasteiger partial charge in [-0.15, -0.1) is 0 Å². The number of halogens is 1. The zero-order chi connectivity index (χ0) is 9.14. The molecule has 0 aliphatic heterocycles.